The van der Waals surface area contributed by atoms with Crippen molar-refractivity contribution in [2.75, 3.05) is 19.8 Å². The highest BCUT2D eigenvalue weighted by Crippen LogP contribution is 2.29. The van der Waals surface area contributed by atoms with Crippen LogP contribution >= 0.6 is 11.3 Å². The van der Waals surface area contributed by atoms with Crippen molar-refractivity contribution in [3.8, 4) is 11.5 Å². The van der Waals surface area contributed by atoms with E-state index in [4.69, 9.17) is 14.2 Å². The third-order valence-corrected chi connectivity index (χ3v) is 5.33. The number of carbonyl (C=O) groups excluding carboxylic acids is 1. The molecule has 4 rings (SSSR count). The van der Waals surface area contributed by atoms with Crippen LogP contribution in [0.4, 0.5) is 0 Å². The van der Waals surface area contributed by atoms with E-state index in [1.165, 1.54) is 11.3 Å². The van der Waals surface area contributed by atoms with Crippen LogP contribution in [-0.2, 0) is 9.53 Å². The Bertz CT molecular complexity index is 1320. The predicted molar refractivity (Wildman–Crippen MR) is 115 cm³/mol. The zero-order chi connectivity index (χ0) is 21.1. The highest BCUT2D eigenvalue weighted by molar-refractivity contribution is 7.15. The summed E-state index contributed by atoms with van der Waals surface area (Å²) in [5.74, 6) is 0.492. The molecule has 154 valence electrons. The fraction of sp³-hybridized carbons (Fsp3) is 0.227. The molecule has 0 radical (unpaired) electrons. The van der Waals surface area contributed by atoms with Gasteiger partial charge in [-0.2, -0.15) is 0 Å². The molecule has 2 aromatic carbocycles. The maximum absolute atomic E-state index is 12.9. The van der Waals surface area contributed by atoms with Gasteiger partial charge in [-0.15, -0.1) is 0 Å². The predicted octanol–water partition coefficient (Wildman–Crippen LogP) is 2.80. The van der Waals surface area contributed by atoms with Crippen LogP contribution in [0.25, 0.3) is 22.1 Å². The van der Waals surface area contributed by atoms with Crippen LogP contribution in [0.1, 0.15) is 19.4 Å². The minimum atomic E-state index is -0.444. The van der Waals surface area contributed by atoms with Crippen LogP contribution in [0, 0.1) is 0 Å². The van der Waals surface area contributed by atoms with Crippen molar-refractivity contribution in [1.82, 2.24) is 9.38 Å². The summed E-state index contributed by atoms with van der Waals surface area (Å²) in [7, 11) is 0. The summed E-state index contributed by atoms with van der Waals surface area (Å²) < 4.78 is 18.3. The molecule has 0 aliphatic rings. The van der Waals surface area contributed by atoms with Gasteiger partial charge in [0.1, 0.15) is 0 Å². The Morgan fingerprint density at radius 3 is 2.73 bits per heavy atom. The topological polar surface area (TPSA) is 79.1 Å². The maximum Gasteiger partial charge on any atom is 0.344 e. The first-order valence-electron chi connectivity index (χ1n) is 9.57. The Labute approximate surface area is 176 Å². The van der Waals surface area contributed by atoms with E-state index in [9.17, 15) is 9.59 Å². The summed E-state index contributed by atoms with van der Waals surface area (Å²) >= 11 is 1.34. The zero-order valence-corrected chi connectivity index (χ0v) is 17.4. The molecule has 0 aliphatic carbocycles. The van der Waals surface area contributed by atoms with Gasteiger partial charge in [-0.25, -0.2) is 14.2 Å². The molecule has 0 N–H and O–H groups in total. The van der Waals surface area contributed by atoms with E-state index in [1.54, 1.807) is 29.5 Å². The van der Waals surface area contributed by atoms with E-state index in [0.29, 0.717) is 34.2 Å². The van der Waals surface area contributed by atoms with Gasteiger partial charge in [-0.3, -0.25) is 4.79 Å². The summed E-state index contributed by atoms with van der Waals surface area (Å²) in [5, 5.41) is 0. The molecular weight excluding hydrogens is 404 g/mol. The molecule has 0 spiro atoms. The van der Waals surface area contributed by atoms with Gasteiger partial charge in [-0.1, -0.05) is 29.5 Å². The maximum atomic E-state index is 12.9. The quantitative estimate of drug-likeness (QED) is 0.425. The minimum absolute atomic E-state index is 0.107. The second-order valence-electron chi connectivity index (χ2n) is 6.37. The van der Waals surface area contributed by atoms with Crippen LogP contribution < -0.4 is 19.6 Å². The molecule has 0 unspecified atom stereocenters. The second-order valence-corrected chi connectivity index (χ2v) is 7.38. The Balaban J connectivity index is 1.69. The number of para-hydroxylation sites is 2. The van der Waals surface area contributed by atoms with Crippen molar-refractivity contribution < 1.29 is 19.0 Å². The molecule has 2 heterocycles. The lowest BCUT2D eigenvalue weighted by atomic mass is 10.2. The molecule has 7 nitrogen and oxygen atoms in total. The molecule has 8 heteroatoms. The SMILES string of the molecule is CCOC(=O)COc1ccc(/C=c2\sc3nc4ccccc4n3c2=O)cc1OCC. The van der Waals surface area contributed by atoms with Crippen LogP contribution in [0.5, 0.6) is 11.5 Å². The molecular formula is C22H20N2O5S. The Kier molecular flexibility index (Phi) is 5.67. The lowest BCUT2D eigenvalue weighted by molar-refractivity contribution is -0.145. The Morgan fingerprint density at radius 1 is 1.10 bits per heavy atom. The Morgan fingerprint density at radius 2 is 1.93 bits per heavy atom. The zero-order valence-electron chi connectivity index (χ0n) is 16.6. The van der Waals surface area contributed by atoms with E-state index < -0.39 is 5.97 Å². The van der Waals surface area contributed by atoms with Crippen molar-refractivity contribution in [2.24, 2.45) is 0 Å². The number of nitrogens with zero attached hydrogens (tertiary/aromatic N) is 2. The molecule has 0 fully saturated rings. The van der Waals surface area contributed by atoms with E-state index in [0.717, 1.165) is 16.6 Å². The van der Waals surface area contributed by atoms with Crippen LogP contribution in [-0.4, -0.2) is 35.2 Å². The molecule has 0 aliphatic heterocycles. The fourth-order valence-electron chi connectivity index (χ4n) is 3.10. The van der Waals surface area contributed by atoms with Gasteiger partial charge >= 0.3 is 5.97 Å². The molecule has 2 aromatic heterocycles. The van der Waals surface area contributed by atoms with Crippen LogP contribution in [0.15, 0.2) is 47.3 Å². The third-order valence-electron chi connectivity index (χ3n) is 4.36. The summed E-state index contributed by atoms with van der Waals surface area (Å²) in [6.45, 7) is 4.14. The average molecular weight is 424 g/mol. The number of fused-ring (bicyclic) bond motifs is 3. The van der Waals surface area contributed by atoms with E-state index in [1.807, 2.05) is 37.3 Å². The van der Waals surface area contributed by atoms with Crippen molar-refractivity contribution in [2.45, 2.75) is 13.8 Å². The highest BCUT2D eigenvalue weighted by Gasteiger charge is 2.12. The molecule has 0 amide bonds. The first-order chi connectivity index (χ1) is 14.6. The smallest absolute Gasteiger partial charge is 0.344 e. The average Bonchev–Trinajstić information content (AvgIpc) is 3.24. The molecule has 30 heavy (non-hydrogen) atoms. The van der Waals surface area contributed by atoms with E-state index in [2.05, 4.69) is 4.98 Å². The molecule has 0 saturated heterocycles. The summed E-state index contributed by atoms with van der Waals surface area (Å²) in [4.78, 5) is 29.7. The molecule has 4 aromatic rings. The van der Waals surface area contributed by atoms with Crippen molar-refractivity contribution in [3.63, 3.8) is 0 Å². The van der Waals surface area contributed by atoms with Crippen molar-refractivity contribution in [1.29, 1.82) is 0 Å². The Hall–Kier alpha value is -3.39. The fourth-order valence-corrected chi connectivity index (χ4v) is 4.09. The highest BCUT2D eigenvalue weighted by atomic mass is 32.1. The van der Waals surface area contributed by atoms with E-state index >= 15 is 0 Å². The number of esters is 1. The van der Waals surface area contributed by atoms with Gasteiger partial charge in [0.15, 0.2) is 23.1 Å². The summed E-state index contributed by atoms with van der Waals surface area (Å²) in [6.07, 6.45) is 1.80. The normalized spacial score (nSPS) is 11.9. The van der Waals surface area contributed by atoms with E-state index in [-0.39, 0.29) is 12.2 Å². The lowest BCUT2D eigenvalue weighted by Gasteiger charge is -2.12. The van der Waals surface area contributed by atoms with Gasteiger partial charge < -0.3 is 14.2 Å². The number of carbonyl (C=O) groups is 1. The molecule has 0 saturated carbocycles. The van der Waals surface area contributed by atoms with Gasteiger partial charge in [0.2, 0.25) is 0 Å². The first-order valence-corrected chi connectivity index (χ1v) is 10.4. The van der Waals surface area contributed by atoms with Gasteiger partial charge in [-0.05, 0) is 49.8 Å². The van der Waals surface area contributed by atoms with Crippen molar-refractivity contribution >= 4 is 39.4 Å². The molecule has 0 bridgehead atoms. The van der Waals surface area contributed by atoms with Gasteiger partial charge in [0.25, 0.3) is 5.56 Å². The minimum Gasteiger partial charge on any atom is -0.490 e. The third kappa shape index (κ3) is 3.86. The van der Waals surface area contributed by atoms with Crippen LogP contribution in [0.2, 0.25) is 0 Å². The number of benzene rings is 2. The monoisotopic (exact) mass is 424 g/mol. The molecule has 0 atom stereocenters. The lowest BCUT2D eigenvalue weighted by Crippen LogP contribution is -2.22. The largest absolute Gasteiger partial charge is 0.490 e. The van der Waals surface area contributed by atoms with Gasteiger partial charge in [0.05, 0.1) is 28.8 Å². The number of thiazole rings is 1. The standard InChI is InChI=1S/C22H20N2O5S/c1-3-27-18-11-14(9-10-17(18)29-13-20(25)28-4-2)12-19-21(26)24-16-8-6-5-7-15(16)23-22(24)30-19/h5-12H,3-4,13H2,1-2H3/b19-12-. The number of rotatable bonds is 7. The number of hydrogen-bond acceptors (Lipinski definition) is 7. The summed E-state index contributed by atoms with van der Waals surface area (Å²) in [6, 6.07) is 12.9. The number of ether oxygens (including phenoxy) is 3. The number of imidazole rings is 1. The first kappa shape index (κ1) is 19.9. The second kappa shape index (κ2) is 8.54. The number of aromatic nitrogens is 2. The van der Waals surface area contributed by atoms with Crippen molar-refractivity contribution in [3.05, 3.63) is 62.9 Å². The van der Waals surface area contributed by atoms with Crippen LogP contribution in [0.3, 0.4) is 0 Å². The van der Waals surface area contributed by atoms with Gasteiger partial charge in [0, 0.05) is 0 Å². The number of hydrogen-bond donors (Lipinski definition) is 0. The summed E-state index contributed by atoms with van der Waals surface area (Å²) in [5.41, 5.74) is 2.28.